The smallest absolute Gasteiger partial charge is 0.326 e. The minimum absolute atomic E-state index is 0.0168. The number of carboxylic acids is 1. The molecule has 1 atom stereocenters. The van der Waals surface area contributed by atoms with E-state index in [0.717, 1.165) is 0 Å². The molecule has 2 rings (SSSR count). The number of para-hydroxylation sites is 1. The number of nitrogens with one attached hydrogen (secondary N) is 1. The number of amides is 1. The van der Waals surface area contributed by atoms with E-state index in [2.05, 4.69) is 10.3 Å². The fourth-order valence-corrected chi connectivity index (χ4v) is 2.72. The van der Waals surface area contributed by atoms with E-state index in [1.54, 1.807) is 24.3 Å². The lowest BCUT2D eigenvalue weighted by Gasteiger charge is -2.14. The largest absolute Gasteiger partial charge is 0.480 e. The molecule has 0 bridgehead atoms. The summed E-state index contributed by atoms with van der Waals surface area (Å²) in [7, 11) is 0. The van der Waals surface area contributed by atoms with Crippen molar-refractivity contribution in [2.24, 2.45) is 0 Å². The van der Waals surface area contributed by atoms with Crippen LogP contribution in [0.1, 0.15) is 12.8 Å². The van der Waals surface area contributed by atoms with Gasteiger partial charge in [0.15, 0.2) is 0 Å². The molecule has 0 spiro atoms. The van der Waals surface area contributed by atoms with Crippen molar-refractivity contribution in [1.82, 2.24) is 14.9 Å². The Balaban J connectivity index is 2.00. The van der Waals surface area contributed by atoms with Crippen LogP contribution in [0.5, 0.6) is 0 Å². The second-order valence-electron chi connectivity index (χ2n) is 5.25. The van der Waals surface area contributed by atoms with Crippen LogP contribution in [0.25, 0.3) is 10.9 Å². The number of aromatic nitrogens is 2. The van der Waals surface area contributed by atoms with E-state index in [0.29, 0.717) is 23.1 Å². The SMILES string of the molecule is CSCC[C@@H](NC(=O)CCn1cnc2ccccc2c1=O)C(=O)O. The first-order valence-corrected chi connectivity index (χ1v) is 8.87. The number of aryl methyl sites for hydroxylation is 1. The standard InChI is InChI=1S/C16H19N3O4S/c1-24-9-7-13(16(22)23)18-14(20)6-8-19-10-17-12-5-3-2-4-11(12)15(19)21/h2-5,10,13H,6-9H2,1H3,(H,18,20)(H,22,23)/t13-/m1/s1. The van der Waals surface area contributed by atoms with Crippen LogP contribution in [0.2, 0.25) is 0 Å². The van der Waals surface area contributed by atoms with Crippen LogP contribution in [0, 0.1) is 0 Å². The third kappa shape index (κ3) is 4.58. The van der Waals surface area contributed by atoms with Gasteiger partial charge in [0.1, 0.15) is 6.04 Å². The summed E-state index contributed by atoms with van der Waals surface area (Å²) in [5.74, 6) is -0.809. The van der Waals surface area contributed by atoms with E-state index in [1.165, 1.54) is 22.7 Å². The van der Waals surface area contributed by atoms with Crippen molar-refractivity contribution < 1.29 is 14.7 Å². The molecule has 0 radical (unpaired) electrons. The number of hydrogen-bond acceptors (Lipinski definition) is 5. The average Bonchev–Trinajstić information content (AvgIpc) is 2.58. The maximum absolute atomic E-state index is 12.3. The van der Waals surface area contributed by atoms with Gasteiger partial charge in [-0.05, 0) is 30.6 Å². The lowest BCUT2D eigenvalue weighted by Crippen LogP contribution is -2.41. The van der Waals surface area contributed by atoms with Gasteiger partial charge in [0.25, 0.3) is 5.56 Å². The van der Waals surface area contributed by atoms with E-state index in [9.17, 15) is 14.4 Å². The molecule has 1 aromatic heterocycles. The van der Waals surface area contributed by atoms with Crippen LogP contribution >= 0.6 is 11.8 Å². The molecule has 0 aliphatic rings. The maximum Gasteiger partial charge on any atom is 0.326 e. The molecule has 0 aliphatic heterocycles. The van der Waals surface area contributed by atoms with Gasteiger partial charge in [-0.2, -0.15) is 11.8 Å². The second kappa shape index (κ2) is 8.49. The molecule has 1 heterocycles. The first-order valence-electron chi connectivity index (χ1n) is 7.48. The van der Waals surface area contributed by atoms with Crippen LogP contribution in [0.4, 0.5) is 0 Å². The Bertz CT molecular complexity index is 790. The number of carbonyl (C=O) groups is 2. The summed E-state index contributed by atoms with van der Waals surface area (Å²) in [6.07, 6.45) is 3.66. The molecule has 7 nitrogen and oxygen atoms in total. The Kier molecular flexibility index (Phi) is 6.36. The Labute approximate surface area is 143 Å². The molecule has 0 saturated carbocycles. The number of carboxylic acid groups (broad SMARTS) is 1. The van der Waals surface area contributed by atoms with Crippen LogP contribution in [0.15, 0.2) is 35.4 Å². The van der Waals surface area contributed by atoms with Crippen LogP contribution in [0.3, 0.4) is 0 Å². The number of thioether (sulfide) groups is 1. The third-order valence-corrected chi connectivity index (χ3v) is 4.20. The van der Waals surface area contributed by atoms with Gasteiger partial charge in [0, 0.05) is 13.0 Å². The number of fused-ring (bicyclic) bond motifs is 1. The fraction of sp³-hybridized carbons (Fsp3) is 0.375. The summed E-state index contributed by atoms with van der Waals surface area (Å²) < 4.78 is 1.36. The summed E-state index contributed by atoms with van der Waals surface area (Å²) in [4.78, 5) is 39.6. The highest BCUT2D eigenvalue weighted by Crippen LogP contribution is 2.05. The highest BCUT2D eigenvalue weighted by Gasteiger charge is 2.19. The molecule has 0 unspecified atom stereocenters. The number of carbonyl (C=O) groups excluding carboxylic acids is 1. The second-order valence-corrected chi connectivity index (χ2v) is 6.24. The van der Waals surface area contributed by atoms with Crippen LogP contribution < -0.4 is 10.9 Å². The zero-order chi connectivity index (χ0) is 17.5. The zero-order valence-electron chi connectivity index (χ0n) is 13.3. The number of nitrogens with zero attached hydrogens (tertiary/aromatic N) is 2. The molecule has 1 amide bonds. The summed E-state index contributed by atoms with van der Waals surface area (Å²) in [5.41, 5.74) is 0.386. The molecular weight excluding hydrogens is 330 g/mol. The van der Waals surface area contributed by atoms with E-state index < -0.39 is 17.9 Å². The summed E-state index contributed by atoms with van der Waals surface area (Å²) in [6.45, 7) is 0.150. The molecule has 0 saturated heterocycles. The monoisotopic (exact) mass is 349 g/mol. The molecule has 8 heteroatoms. The molecular formula is C16H19N3O4S. The molecule has 24 heavy (non-hydrogen) atoms. The number of benzene rings is 1. The van der Waals surface area contributed by atoms with Crippen molar-refractivity contribution in [3.05, 3.63) is 40.9 Å². The zero-order valence-corrected chi connectivity index (χ0v) is 14.1. The van der Waals surface area contributed by atoms with Crippen molar-refractivity contribution in [2.45, 2.75) is 25.4 Å². The van der Waals surface area contributed by atoms with E-state index in [1.807, 2.05) is 6.26 Å². The molecule has 2 aromatic rings. The summed E-state index contributed by atoms with van der Waals surface area (Å²) >= 11 is 1.52. The molecule has 128 valence electrons. The van der Waals surface area contributed by atoms with Crippen LogP contribution in [-0.2, 0) is 16.1 Å². The number of aliphatic carboxylic acids is 1. The van der Waals surface area contributed by atoms with Gasteiger partial charge in [-0.1, -0.05) is 12.1 Å². The average molecular weight is 349 g/mol. The lowest BCUT2D eigenvalue weighted by atomic mass is 10.2. The highest BCUT2D eigenvalue weighted by molar-refractivity contribution is 7.98. The van der Waals surface area contributed by atoms with Gasteiger partial charge < -0.3 is 10.4 Å². The first-order chi connectivity index (χ1) is 11.5. The number of rotatable bonds is 8. The van der Waals surface area contributed by atoms with Crippen molar-refractivity contribution in [3.8, 4) is 0 Å². The first kappa shape index (κ1) is 18.0. The van der Waals surface area contributed by atoms with Crippen molar-refractivity contribution >= 4 is 34.5 Å². The van der Waals surface area contributed by atoms with E-state index in [-0.39, 0.29) is 18.5 Å². The quantitative estimate of drug-likeness (QED) is 0.740. The van der Waals surface area contributed by atoms with Gasteiger partial charge in [0.2, 0.25) is 5.91 Å². The minimum Gasteiger partial charge on any atom is -0.480 e. The Hall–Kier alpha value is -2.35. The Morgan fingerprint density at radius 2 is 2.12 bits per heavy atom. The van der Waals surface area contributed by atoms with Crippen molar-refractivity contribution in [2.75, 3.05) is 12.0 Å². The van der Waals surface area contributed by atoms with E-state index in [4.69, 9.17) is 5.11 Å². The summed E-state index contributed by atoms with van der Waals surface area (Å²) in [5, 5.41) is 12.1. The maximum atomic E-state index is 12.3. The van der Waals surface area contributed by atoms with E-state index >= 15 is 0 Å². The fourth-order valence-electron chi connectivity index (χ4n) is 2.25. The Morgan fingerprint density at radius 1 is 1.38 bits per heavy atom. The highest BCUT2D eigenvalue weighted by atomic mass is 32.2. The van der Waals surface area contributed by atoms with Gasteiger partial charge in [-0.15, -0.1) is 0 Å². The predicted octanol–water partition coefficient (Wildman–Crippen LogP) is 1.11. The van der Waals surface area contributed by atoms with Gasteiger partial charge >= 0.3 is 5.97 Å². The van der Waals surface area contributed by atoms with Gasteiger partial charge in [0.05, 0.1) is 17.2 Å². The summed E-state index contributed by atoms with van der Waals surface area (Å²) in [6, 6.07) is 6.08. The minimum atomic E-state index is -1.05. The van der Waals surface area contributed by atoms with Crippen molar-refractivity contribution in [1.29, 1.82) is 0 Å². The topological polar surface area (TPSA) is 101 Å². The van der Waals surface area contributed by atoms with Crippen molar-refractivity contribution in [3.63, 3.8) is 0 Å². The van der Waals surface area contributed by atoms with Crippen LogP contribution in [-0.4, -0.2) is 44.6 Å². The normalized spacial score (nSPS) is 12.0. The molecule has 2 N–H and O–H groups in total. The number of hydrogen-bond donors (Lipinski definition) is 2. The predicted molar refractivity (Wildman–Crippen MR) is 93.2 cm³/mol. The molecule has 0 fully saturated rings. The Morgan fingerprint density at radius 3 is 2.83 bits per heavy atom. The van der Waals surface area contributed by atoms with Gasteiger partial charge in [-0.25, -0.2) is 9.78 Å². The lowest BCUT2D eigenvalue weighted by molar-refractivity contribution is -0.141. The third-order valence-electron chi connectivity index (χ3n) is 3.56. The molecule has 1 aromatic carbocycles. The molecule has 0 aliphatic carbocycles. The van der Waals surface area contributed by atoms with Gasteiger partial charge in [-0.3, -0.25) is 14.2 Å².